The van der Waals surface area contributed by atoms with Crippen molar-refractivity contribution < 1.29 is 15.3 Å². The number of rotatable bonds is 1. The normalized spacial score (nSPS) is 21.3. The molecule has 0 aromatic heterocycles. The Morgan fingerprint density at radius 3 is 2.29 bits per heavy atom. The first-order chi connectivity index (χ1) is 6.68. The van der Waals surface area contributed by atoms with Crippen molar-refractivity contribution in [2.75, 3.05) is 6.54 Å². The summed E-state index contributed by atoms with van der Waals surface area (Å²) in [5.74, 6) is -0.992. The summed E-state index contributed by atoms with van der Waals surface area (Å²) in [6.07, 6.45) is 2.08. The fourth-order valence-corrected chi connectivity index (χ4v) is 1.80. The summed E-state index contributed by atoms with van der Waals surface area (Å²) in [7, 11) is 0. The fourth-order valence-electron chi connectivity index (χ4n) is 1.80. The second-order valence-electron chi connectivity index (χ2n) is 3.56. The van der Waals surface area contributed by atoms with Gasteiger partial charge in [0.2, 0.25) is 0 Å². The van der Waals surface area contributed by atoms with Gasteiger partial charge in [-0.1, -0.05) is 0 Å². The van der Waals surface area contributed by atoms with Crippen LogP contribution in [0.3, 0.4) is 0 Å². The van der Waals surface area contributed by atoms with Crippen molar-refractivity contribution in [2.45, 2.75) is 18.9 Å². The number of hydrogen-bond acceptors (Lipinski definition) is 4. The molecule has 1 aromatic carbocycles. The van der Waals surface area contributed by atoms with Gasteiger partial charge in [-0.15, -0.1) is 0 Å². The van der Waals surface area contributed by atoms with E-state index in [1.165, 1.54) is 12.1 Å². The molecule has 1 fully saturated rings. The number of phenolic OH excluding ortho intramolecular Hbond substituents is 3. The minimum atomic E-state index is -0.452. The quantitative estimate of drug-likeness (QED) is 0.508. The van der Waals surface area contributed by atoms with Crippen molar-refractivity contribution in [3.63, 3.8) is 0 Å². The predicted octanol–water partition coefficient (Wildman–Crippen LogP) is 1.23. The van der Waals surface area contributed by atoms with Gasteiger partial charge < -0.3 is 20.6 Å². The number of phenols is 3. The van der Waals surface area contributed by atoms with Crippen LogP contribution in [0.4, 0.5) is 0 Å². The molecule has 1 aromatic rings. The lowest BCUT2D eigenvalue weighted by atomic mass is 10.0. The zero-order valence-electron chi connectivity index (χ0n) is 7.70. The van der Waals surface area contributed by atoms with E-state index in [4.69, 9.17) is 5.11 Å². The molecule has 0 saturated carbocycles. The molecule has 4 heteroatoms. The van der Waals surface area contributed by atoms with E-state index < -0.39 is 5.75 Å². The van der Waals surface area contributed by atoms with E-state index in [1.54, 1.807) is 0 Å². The molecule has 1 saturated heterocycles. The SMILES string of the molecule is Oc1cc(C2CCCN2)cc(O)c1O. The molecular weight excluding hydrogens is 182 g/mol. The third kappa shape index (κ3) is 1.48. The van der Waals surface area contributed by atoms with Crippen molar-refractivity contribution in [1.82, 2.24) is 5.32 Å². The van der Waals surface area contributed by atoms with Gasteiger partial charge in [-0.05, 0) is 37.1 Å². The van der Waals surface area contributed by atoms with Crippen molar-refractivity contribution in [3.8, 4) is 17.2 Å². The number of aromatic hydroxyl groups is 3. The van der Waals surface area contributed by atoms with Crippen LogP contribution in [-0.4, -0.2) is 21.9 Å². The van der Waals surface area contributed by atoms with Crippen molar-refractivity contribution >= 4 is 0 Å². The zero-order chi connectivity index (χ0) is 10.1. The Kier molecular flexibility index (Phi) is 2.21. The van der Waals surface area contributed by atoms with Crippen LogP contribution >= 0.6 is 0 Å². The molecule has 1 atom stereocenters. The molecule has 0 amide bonds. The highest BCUT2D eigenvalue weighted by Gasteiger charge is 2.19. The summed E-state index contributed by atoms with van der Waals surface area (Å²) >= 11 is 0. The lowest BCUT2D eigenvalue weighted by Crippen LogP contribution is -2.12. The van der Waals surface area contributed by atoms with Crippen LogP contribution in [0.5, 0.6) is 17.2 Å². The minimum absolute atomic E-state index is 0.174. The Hall–Kier alpha value is -1.42. The maximum atomic E-state index is 9.30. The summed E-state index contributed by atoms with van der Waals surface area (Å²) in [4.78, 5) is 0. The second kappa shape index (κ2) is 3.38. The predicted molar refractivity (Wildman–Crippen MR) is 51.4 cm³/mol. The van der Waals surface area contributed by atoms with E-state index in [1.807, 2.05) is 0 Å². The van der Waals surface area contributed by atoms with Crippen LogP contribution in [0.2, 0.25) is 0 Å². The Morgan fingerprint density at radius 1 is 1.14 bits per heavy atom. The summed E-state index contributed by atoms with van der Waals surface area (Å²) in [6, 6.07) is 3.14. The van der Waals surface area contributed by atoms with Gasteiger partial charge in [0.15, 0.2) is 17.2 Å². The van der Waals surface area contributed by atoms with Crippen LogP contribution in [0.15, 0.2) is 12.1 Å². The first-order valence-electron chi connectivity index (χ1n) is 4.66. The van der Waals surface area contributed by atoms with Gasteiger partial charge in [-0.25, -0.2) is 0 Å². The standard InChI is InChI=1S/C10H13NO3/c12-8-4-6(5-9(13)10(8)14)7-2-1-3-11-7/h4-5,7,11-14H,1-3H2. The molecule has 4 nitrogen and oxygen atoms in total. The largest absolute Gasteiger partial charge is 0.504 e. The fraction of sp³-hybridized carbons (Fsp3) is 0.400. The molecule has 0 aliphatic carbocycles. The zero-order valence-corrected chi connectivity index (χ0v) is 7.70. The maximum Gasteiger partial charge on any atom is 0.200 e. The number of benzene rings is 1. The van der Waals surface area contributed by atoms with Crippen LogP contribution in [0, 0.1) is 0 Å². The molecule has 1 aliphatic heterocycles. The summed E-state index contributed by atoms with van der Waals surface area (Å²) < 4.78 is 0. The first kappa shape index (κ1) is 9.15. The molecule has 1 aliphatic rings. The monoisotopic (exact) mass is 195 g/mol. The Bertz CT molecular complexity index is 322. The molecule has 1 unspecified atom stereocenters. The van der Waals surface area contributed by atoms with Gasteiger partial charge in [-0.3, -0.25) is 0 Å². The van der Waals surface area contributed by atoms with Gasteiger partial charge in [0.1, 0.15) is 0 Å². The summed E-state index contributed by atoms with van der Waals surface area (Å²) in [5.41, 5.74) is 0.815. The average molecular weight is 195 g/mol. The average Bonchev–Trinajstić information content (AvgIpc) is 2.66. The molecule has 1 heterocycles. The highest BCUT2D eigenvalue weighted by Crippen LogP contribution is 2.38. The number of hydrogen-bond donors (Lipinski definition) is 4. The van der Waals surface area contributed by atoms with Crippen molar-refractivity contribution in [2.24, 2.45) is 0 Å². The third-order valence-corrected chi connectivity index (χ3v) is 2.55. The van der Waals surface area contributed by atoms with Crippen molar-refractivity contribution in [1.29, 1.82) is 0 Å². The molecule has 0 radical (unpaired) electrons. The summed E-state index contributed by atoms with van der Waals surface area (Å²) in [6.45, 7) is 0.951. The van der Waals surface area contributed by atoms with Crippen molar-refractivity contribution in [3.05, 3.63) is 17.7 Å². The smallest absolute Gasteiger partial charge is 0.200 e. The molecule has 14 heavy (non-hydrogen) atoms. The maximum absolute atomic E-state index is 9.30. The summed E-state index contributed by atoms with van der Waals surface area (Å²) in [5, 5.41) is 31.0. The van der Waals surface area contributed by atoms with E-state index in [9.17, 15) is 10.2 Å². The van der Waals surface area contributed by atoms with E-state index in [0.717, 1.165) is 24.9 Å². The Balaban J connectivity index is 2.34. The van der Waals surface area contributed by atoms with Gasteiger partial charge in [-0.2, -0.15) is 0 Å². The molecule has 76 valence electrons. The minimum Gasteiger partial charge on any atom is -0.504 e. The lowest BCUT2D eigenvalue weighted by Gasteiger charge is -2.12. The lowest BCUT2D eigenvalue weighted by molar-refractivity contribution is 0.366. The second-order valence-corrected chi connectivity index (χ2v) is 3.56. The third-order valence-electron chi connectivity index (χ3n) is 2.55. The highest BCUT2D eigenvalue weighted by atomic mass is 16.3. The molecular formula is C10H13NO3. The molecule has 4 N–H and O–H groups in total. The van der Waals surface area contributed by atoms with E-state index >= 15 is 0 Å². The molecule has 0 spiro atoms. The van der Waals surface area contributed by atoms with Gasteiger partial charge in [0, 0.05) is 6.04 Å². The van der Waals surface area contributed by atoms with Crippen LogP contribution in [0.1, 0.15) is 24.4 Å². The van der Waals surface area contributed by atoms with Crippen LogP contribution in [0.25, 0.3) is 0 Å². The molecule has 0 bridgehead atoms. The van der Waals surface area contributed by atoms with Gasteiger partial charge in [0.25, 0.3) is 0 Å². The molecule has 2 rings (SSSR count). The van der Waals surface area contributed by atoms with Gasteiger partial charge in [0.05, 0.1) is 0 Å². The van der Waals surface area contributed by atoms with Gasteiger partial charge >= 0.3 is 0 Å². The Morgan fingerprint density at radius 2 is 1.79 bits per heavy atom. The van der Waals surface area contributed by atoms with E-state index in [-0.39, 0.29) is 17.5 Å². The highest BCUT2D eigenvalue weighted by molar-refractivity contribution is 5.51. The first-order valence-corrected chi connectivity index (χ1v) is 4.66. The topological polar surface area (TPSA) is 72.7 Å². The van der Waals surface area contributed by atoms with E-state index in [0.29, 0.717) is 0 Å². The number of nitrogens with one attached hydrogen (secondary N) is 1. The van der Waals surface area contributed by atoms with Crippen LogP contribution in [-0.2, 0) is 0 Å². The van der Waals surface area contributed by atoms with Crippen LogP contribution < -0.4 is 5.32 Å². The Labute approximate surface area is 81.8 Å². The van der Waals surface area contributed by atoms with E-state index in [2.05, 4.69) is 5.32 Å².